The molecular formula is C16H21BrN2O3. The number of pyridine rings is 1. The van der Waals surface area contributed by atoms with Gasteiger partial charge < -0.3 is 14.0 Å². The van der Waals surface area contributed by atoms with Gasteiger partial charge in [-0.2, -0.15) is 0 Å². The molecule has 0 aliphatic rings. The normalized spacial score (nSPS) is 11.2. The molecule has 2 heterocycles. The van der Waals surface area contributed by atoms with Gasteiger partial charge in [-0.15, -0.1) is 0 Å². The Hall–Kier alpha value is -1.56. The molecule has 2 aromatic rings. The zero-order valence-electron chi connectivity index (χ0n) is 13.6. The zero-order chi connectivity index (χ0) is 16.4. The van der Waals surface area contributed by atoms with E-state index < -0.39 is 5.97 Å². The number of carbonyl (C=O) groups excluding carboxylic acids is 1. The van der Waals surface area contributed by atoms with Crippen LogP contribution in [0.15, 0.2) is 10.5 Å². The van der Waals surface area contributed by atoms with Crippen LogP contribution in [-0.2, 0) is 18.2 Å². The van der Waals surface area contributed by atoms with Crippen molar-refractivity contribution in [1.82, 2.24) is 9.55 Å². The Morgan fingerprint density at radius 3 is 2.64 bits per heavy atom. The summed E-state index contributed by atoms with van der Waals surface area (Å²) >= 11 is 3.54. The van der Waals surface area contributed by atoms with E-state index in [0.29, 0.717) is 18.1 Å². The number of fused-ring (bicyclic) bond motifs is 1. The number of carbonyl (C=O) groups is 1. The van der Waals surface area contributed by atoms with Crippen LogP contribution in [0.25, 0.3) is 11.0 Å². The van der Waals surface area contributed by atoms with Gasteiger partial charge in [0.05, 0.1) is 23.8 Å². The Kier molecular flexibility index (Phi) is 5.11. The van der Waals surface area contributed by atoms with E-state index in [2.05, 4.69) is 20.9 Å². The highest BCUT2D eigenvalue weighted by atomic mass is 79.9. The maximum atomic E-state index is 12.3. The van der Waals surface area contributed by atoms with E-state index in [1.54, 1.807) is 11.5 Å². The second-order valence-electron chi connectivity index (χ2n) is 5.27. The van der Waals surface area contributed by atoms with E-state index in [-0.39, 0.29) is 6.10 Å². The summed E-state index contributed by atoms with van der Waals surface area (Å²) in [6.45, 7) is 8.00. The van der Waals surface area contributed by atoms with Gasteiger partial charge in [-0.1, -0.05) is 6.92 Å². The fraction of sp³-hybridized carbons (Fsp3) is 0.500. The summed E-state index contributed by atoms with van der Waals surface area (Å²) in [5, 5.41) is 0.809. The number of hydrogen-bond donors (Lipinski definition) is 0. The summed E-state index contributed by atoms with van der Waals surface area (Å²) in [4.78, 5) is 17.0. The minimum atomic E-state index is -0.396. The van der Waals surface area contributed by atoms with Crippen molar-refractivity contribution < 1.29 is 14.3 Å². The van der Waals surface area contributed by atoms with E-state index in [0.717, 1.165) is 27.6 Å². The van der Waals surface area contributed by atoms with E-state index in [1.807, 2.05) is 33.9 Å². The van der Waals surface area contributed by atoms with Crippen LogP contribution >= 0.6 is 15.9 Å². The van der Waals surface area contributed by atoms with E-state index in [9.17, 15) is 4.79 Å². The average molecular weight is 369 g/mol. The zero-order valence-corrected chi connectivity index (χ0v) is 15.2. The highest BCUT2D eigenvalue weighted by molar-refractivity contribution is 9.10. The lowest BCUT2D eigenvalue weighted by Gasteiger charge is -2.11. The summed E-state index contributed by atoms with van der Waals surface area (Å²) < 4.78 is 13.7. The largest absolute Gasteiger partial charge is 0.488 e. The van der Waals surface area contributed by atoms with Gasteiger partial charge in [-0.05, 0) is 49.2 Å². The van der Waals surface area contributed by atoms with Crippen LogP contribution < -0.4 is 4.74 Å². The van der Waals surface area contributed by atoms with Crippen molar-refractivity contribution in [2.45, 2.75) is 40.2 Å². The molecule has 0 aliphatic heterocycles. The molecule has 0 N–H and O–H groups in total. The maximum absolute atomic E-state index is 12.3. The van der Waals surface area contributed by atoms with E-state index >= 15 is 0 Å². The van der Waals surface area contributed by atoms with Crippen molar-refractivity contribution in [2.24, 2.45) is 7.05 Å². The molecule has 22 heavy (non-hydrogen) atoms. The van der Waals surface area contributed by atoms with Crippen LogP contribution in [0.3, 0.4) is 0 Å². The van der Waals surface area contributed by atoms with E-state index in [1.165, 1.54) is 0 Å². The van der Waals surface area contributed by atoms with Gasteiger partial charge in [0.25, 0.3) is 0 Å². The van der Waals surface area contributed by atoms with Gasteiger partial charge >= 0.3 is 5.97 Å². The molecule has 2 aromatic heterocycles. The molecule has 0 radical (unpaired) electrons. The molecule has 0 aromatic carbocycles. The van der Waals surface area contributed by atoms with Crippen LogP contribution in [0.2, 0.25) is 0 Å². The van der Waals surface area contributed by atoms with E-state index in [4.69, 9.17) is 9.47 Å². The first-order valence-corrected chi connectivity index (χ1v) is 8.21. The third-order valence-corrected chi connectivity index (χ3v) is 3.99. The Morgan fingerprint density at radius 2 is 2.09 bits per heavy atom. The second-order valence-corrected chi connectivity index (χ2v) is 6.12. The van der Waals surface area contributed by atoms with Crippen LogP contribution in [0.1, 0.15) is 43.9 Å². The number of nitrogens with zero attached hydrogens (tertiary/aromatic N) is 2. The summed E-state index contributed by atoms with van der Waals surface area (Å²) in [5.74, 6) is 0.134. The molecule has 0 fully saturated rings. The molecule has 2 rings (SSSR count). The molecule has 5 nitrogen and oxygen atoms in total. The predicted octanol–water partition coefficient (Wildman–Crippen LogP) is 3.86. The van der Waals surface area contributed by atoms with Gasteiger partial charge in [0, 0.05) is 11.5 Å². The predicted molar refractivity (Wildman–Crippen MR) is 89.5 cm³/mol. The van der Waals surface area contributed by atoms with Crippen molar-refractivity contribution in [3.05, 3.63) is 21.9 Å². The summed E-state index contributed by atoms with van der Waals surface area (Å²) in [6.07, 6.45) is 0.750. The number of hydrogen-bond acceptors (Lipinski definition) is 4. The fourth-order valence-corrected chi connectivity index (χ4v) is 2.95. The molecule has 0 saturated heterocycles. The lowest BCUT2D eigenvalue weighted by Crippen LogP contribution is -2.14. The third-order valence-electron chi connectivity index (χ3n) is 3.30. The number of halogens is 1. The standard InChI is InChI=1S/C16H21BrN2O3/c1-6-12-11(17)8-10-14(22-9(3)4)13(16(20)21-7-2)19(5)15(10)18-12/h8-9H,6-7H2,1-5H3. The van der Waals surface area contributed by atoms with Gasteiger partial charge in [-0.3, -0.25) is 0 Å². The summed E-state index contributed by atoms with van der Waals surface area (Å²) in [6, 6.07) is 1.96. The second kappa shape index (κ2) is 6.69. The molecule has 0 unspecified atom stereocenters. The van der Waals surface area contributed by atoms with Crippen molar-refractivity contribution in [1.29, 1.82) is 0 Å². The molecule has 120 valence electrons. The Labute approximate surface area is 138 Å². The SMILES string of the molecule is CCOC(=O)c1c(OC(C)C)c2cc(Br)c(CC)nc2n1C. The summed E-state index contributed by atoms with van der Waals surface area (Å²) in [5.41, 5.74) is 2.07. The molecule has 0 amide bonds. The molecule has 6 heteroatoms. The van der Waals surface area contributed by atoms with Crippen LogP contribution in [-0.4, -0.2) is 28.2 Å². The number of esters is 1. The number of aromatic nitrogens is 2. The lowest BCUT2D eigenvalue weighted by molar-refractivity contribution is 0.0509. The molecule has 0 bridgehead atoms. The minimum Gasteiger partial charge on any atom is -0.488 e. The highest BCUT2D eigenvalue weighted by Crippen LogP contribution is 2.35. The Morgan fingerprint density at radius 1 is 1.41 bits per heavy atom. The molecule has 0 aliphatic carbocycles. The van der Waals surface area contributed by atoms with Crippen molar-refractivity contribution in [2.75, 3.05) is 6.61 Å². The molecular weight excluding hydrogens is 348 g/mol. The number of ether oxygens (including phenoxy) is 2. The smallest absolute Gasteiger partial charge is 0.358 e. The summed E-state index contributed by atoms with van der Waals surface area (Å²) in [7, 11) is 1.81. The molecule has 0 atom stereocenters. The third kappa shape index (κ3) is 2.97. The highest BCUT2D eigenvalue weighted by Gasteiger charge is 2.26. The molecule has 0 spiro atoms. The van der Waals surface area contributed by atoms with Crippen molar-refractivity contribution in [3.8, 4) is 5.75 Å². The quantitative estimate of drug-likeness (QED) is 0.751. The van der Waals surface area contributed by atoms with Crippen molar-refractivity contribution >= 4 is 32.9 Å². The van der Waals surface area contributed by atoms with Gasteiger partial charge in [0.15, 0.2) is 11.4 Å². The lowest BCUT2D eigenvalue weighted by atomic mass is 10.2. The number of rotatable bonds is 5. The van der Waals surface area contributed by atoms with Crippen molar-refractivity contribution in [3.63, 3.8) is 0 Å². The number of aryl methyl sites for hydroxylation is 2. The van der Waals surface area contributed by atoms with Crippen LogP contribution in [0, 0.1) is 0 Å². The maximum Gasteiger partial charge on any atom is 0.358 e. The van der Waals surface area contributed by atoms with Gasteiger partial charge in [-0.25, -0.2) is 9.78 Å². The molecule has 0 saturated carbocycles. The monoisotopic (exact) mass is 368 g/mol. The first-order valence-electron chi connectivity index (χ1n) is 7.42. The van der Waals surface area contributed by atoms with Gasteiger partial charge in [0.2, 0.25) is 0 Å². The first kappa shape index (κ1) is 16.8. The minimum absolute atomic E-state index is 0.0524. The van der Waals surface area contributed by atoms with Crippen LogP contribution in [0.5, 0.6) is 5.75 Å². The van der Waals surface area contributed by atoms with Crippen LogP contribution in [0.4, 0.5) is 0 Å². The fourth-order valence-electron chi connectivity index (χ4n) is 2.36. The topological polar surface area (TPSA) is 53.4 Å². The van der Waals surface area contributed by atoms with Gasteiger partial charge in [0.1, 0.15) is 5.65 Å². The Bertz CT molecular complexity index is 707. The average Bonchev–Trinajstić information content (AvgIpc) is 2.70. The Balaban J connectivity index is 2.75. The first-order chi connectivity index (χ1) is 10.4.